The number of anilines is 1. The number of benzene rings is 1. The summed E-state index contributed by atoms with van der Waals surface area (Å²) in [5.74, 6) is 0.661. The van der Waals surface area contributed by atoms with Gasteiger partial charge in [-0.05, 0) is 35.5 Å². The zero-order valence-electron chi connectivity index (χ0n) is 12.3. The van der Waals surface area contributed by atoms with Crippen LogP contribution in [0.4, 0.5) is 10.2 Å². The SMILES string of the molecule is CC(Nc1nc(Cl)nc2ccsc12)c1ccccc1C(F)(P)P. The first kappa shape index (κ1) is 17.0. The molecule has 0 saturated heterocycles. The van der Waals surface area contributed by atoms with Gasteiger partial charge in [-0.2, -0.15) is 4.98 Å². The molecule has 2 aromatic heterocycles. The number of thiophene rings is 1. The van der Waals surface area contributed by atoms with Gasteiger partial charge in [-0.1, -0.05) is 42.7 Å². The second kappa shape index (κ2) is 6.57. The van der Waals surface area contributed by atoms with Crippen molar-refractivity contribution in [3.8, 4) is 0 Å². The molecular weight excluding hydrogens is 371 g/mol. The highest BCUT2D eigenvalue weighted by Crippen LogP contribution is 2.43. The fraction of sp³-hybridized carbons (Fsp3) is 0.200. The highest BCUT2D eigenvalue weighted by Gasteiger charge is 2.25. The van der Waals surface area contributed by atoms with Crippen LogP contribution >= 0.6 is 41.4 Å². The summed E-state index contributed by atoms with van der Waals surface area (Å²) in [6.45, 7) is 1.97. The van der Waals surface area contributed by atoms with Gasteiger partial charge in [0.05, 0.1) is 16.3 Å². The third-order valence-corrected chi connectivity index (χ3v) is 5.17. The Morgan fingerprint density at radius 2 is 2.00 bits per heavy atom. The fourth-order valence-electron chi connectivity index (χ4n) is 2.44. The minimum absolute atomic E-state index is 0.140. The van der Waals surface area contributed by atoms with Gasteiger partial charge in [0.25, 0.3) is 0 Å². The van der Waals surface area contributed by atoms with Crippen molar-refractivity contribution >= 4 is 57.5 Å². The summed E-state index contributed by atoms with van der Waals surface area (Å²) in [5, 5.41) is 3.89. The number of nitrogens with zero attached hydrogens (tertiary/aromatic N) is 2. The van der Waals surface area contributed by atoms with Crippen LogP contribution in [-0.2, 0) is 5.15 Å². The maximum Gasteiger partial charge on any atom is 0.224 e. The van der Waals surface area contributed by atoms with E-state index in [2.05, 4.69) is 33.8 Å². The molecule has 0 saturated carbocycles. The van der Waals surface area contributed by atoms with Crippen LogP contribution in [0, 0.1) is 0 Å². The van der Waals surface area contributed by atoms with Crippen LogP contribution in [0.5, 0.6) is 0 Å². The molecular formula is C15H15ClFN3P2S. The molecule has 3 nitrogen and oxygen atoms in total. The summed E-state index contributed by atoms with van der Waals surface area (Å²) >= 11 is 7.53. The van der Waals surface area contributed by atoms with Crippen LogP contribution in [0.15, 0.2) is 35.7 Å². The van der Waals surface area contributed by atoms with E-state index < -0.39 is 5.15 Å². The maximum absolute atomic E-state index is 14.4. The quantitative estimate of drug-likeness (QED) is 0.486. The van der Waals surface area contributed by atoms with Gasteiger partial charge in [-0.3, -0.25) is 0 Å². The van der Waals surface area contributed by atoms with Crippen molar-refractivity contribution in [2.24, 2.45) is 0 Å². The van der Waals surface area contributed by atoms with E-state index in [1.165, 1.54) is 0 Å². The Balaban J connectivity index is 1.99. The van der Waals surface area contributed by atoms with Gasteiger partial charge in [0.1, 0.15) is 5.82 Å². The zero-order valence-corrected chi connectivity index (χ0v) is 16.1. The van der Waals surface area contributed by atoms with Crippen molar-refractivity contribution in [2.45, 2.75) is 18.1 Å². The first-order chi connectivity index (χ1) is 10.9. The van der Waals surface area contributed by atoms with Gasteiger partial charge < -0.3 is 5.32 Å². The first-order valence-corrected chi connectivity index (χ1v) is 9.31. The van der Waals surface area contributed by atoms with E-state index in [0.717, 1.165) is 15.8 Å². The van der Waals surface area contributed by atoms with Crippen LogP contribution < -0.4 is 5.32 Å². The van der Waals surface area contributed by atoms with Crippen molar-refractivity contribution in [3.63, 3.8) is 0 Å². The minimum atomic E-state index is -1.58. The highest BCUT2D eigenvalue weighted by molar-refractivity contribution is 7.38. The molecule has 0 bridgehead atoms. The third-order valence-electron chi connectivity index (χ3n) is 3.47. The smallest absolute Gasteiger partial charge is 0.224 e. The lowest BCUT2D eigenvalue weighted by atomic mass is 10.0. The Bertz CT molecular complexity index is 850. The molecule has 0 fully saturated rings. The van der Waals surface area contributed by atoms with E-state index >= 15 is 0 Å². The summed E-state index contributed by atoms with van der Waals surface area (Å²) in [4.78, 5) is 8.47. The Morgan fingerprint density at radius 1 is 1.26 bits per heavy atom. The zero-order chi connectivity index (χ0) is 16.6. The summed E-state index contributed by atoms with van der Waals surface area (Å²) in [7, 11) is 4.42. The Kier molecular flexibility index (Phi) is 4.85. The Hall–Kier alpha value is -0.860. The van der Waals surface area contributed by atoms with Crippen LogP contribution in [0.2, 0.25) is 5.28 Å². The number of fused-ring (bicyclic) bond motifs is 1. The van der Waals surface area contributed by atoms with Crippen molar-refractivity contribution in [1.29, 1.82) is 0 Å². The summed E-state index contributed by atoms with van der Waals surface area (Å²) in [5.41, 5.74) is 2.26. The van der Waals surface area contributed by atoms with Gasteiger partial charge in [0.2, 0.25) is 5.28 Å². The summed E-state index contributed by atoms with van der Waals surface area (Å²) in [6.07, 6.45) is 0. The Labute approximate surface area is 147 Å². The molecule has 1 aromatic carbocycles. The minimum Gasteiger partial charge on any atom is -0.362 e. The van der Waals surface area contributed by atoms with Crippen molar-refractivity contribution in [2.75, 3.05) is 5.32 Å². The van der Waals surface area contributed by atoms with Crippen molar-refractivity contribution < 1.29 is 4.39 Å². The summed E-state index contributed by atoms with van der Waals surface area (Å²) < 4.78 is 15.3. The molecule has 0 aliphatic carbocycles. The lowest BCUT2D eigenvalue weighted by molar-refractivity contribution is 0.419. The predicted molar refractivity (Wildman–Crippen MR) is 103 cm³/mol. The molecule has 0 aliphatic rings. The number of hydrogen-bond donors (Lipinski definition) is 1. The third kappa shape index (κ3) is 3.64. The predicted octanol–water partition coefficient (Wildman–Crippen LogP) is 5.35. The number of rotatable bonds is 4. The normalized spacial score (nSPS) is 13.3. The molecule has 3 aromatic rings. The van der Waals surface area contributed by atoms with Crippen LogP contribution in [0.3, 0.4) is 0 Å². The molecule has 3 rings (SSSR count). The molecule has 3 atom stereocenters. The monoisotopic (exact) mass is 385 g/mol. The van der Waals surface area contributed by atoms with Gasteiger partial charge >= 0.3 is 0 Å². The molecule has 8 heteroatoms. The molecule has 0 amide bonds. The largest absolute Gasteiger partial charge is 0.362 e. The molecule has 0 radical (unpaired) electrons. The molecule has 0 aliphatic heterocycles. The van der Waals surface area contributed by atoms with E-state index in [-0.39, 0.29) is 11.3 Å². The number of halogens is 2. The number of nitrogens with one attached hydrogen (secondary N) is 1. The van der Waals surface area contributed by atoms with Gasteiger partial charge in [0.15, 0.2) is 5.15 Å². The van der Waals surface area contributed by atoms with Gasteiger partial charge in [-0.25, -0.2) is 9.37 Å². The van der Waals surface area contributed by atoms with Crippen LogP contribution in [-0.4, -0.2) is 9.97 Å². The number of hydrogen-bond acceptors (Lipinski definition) is 4. The maximum atomic E-state index is 14.4. The van der Waals surface area contributed by atoms with E-state index in [1.807, 2.05) is 36.6 Å². The van der Waals surface area contributed by atoms with E-state index in [0.29, 0.717) is 11.4 Å². The van der Waals surface area contributed by atoms with Gasteiger partial charge in [0, 0.05) is 5.56 Å². The second-order valence-corrected chi connectivity index (χ2v) is 8.80. The van der Waals surface area contributed by atoms with E-state index in [9.17, 15) is 4.39 Å². The Morgan fingerprint density at radius 3 is 2.74 bits per heavy atom. The highest BCUT2D eigenvalue weighted by atomic mass is 35.5. The fourth-order valence-corrected chi connectivity index (χ4v) is 3.92. The second-order valence-electron chi connectivity index (χ2n) is 5.20. The van der Waals surface area contributed by atoms with Gasteiger partial charge in [-0.15, -0.1) is 11.3 Å². The lowest BCUT2D eigenvalue weighted by Crippen LogP contribution is -2.14. The van der Waals surface area contributed by atoms with E-state index in [4.69, 9.17) is 11.6 Å². The average Bonchev–Trinajstić information content (AvgIpc) is 2.94. The molecule has 1 N–H and O–H groups in total. The molecule has 2 heterocycles. The molecule has 23 heavy (non-hydrogen) atoms. The van der Waals surface area contributed by atoms with E-state index in [1.54, 1.807) is 17.4 Å². The van der Waals surface area contributed by atoms with Crippen LogP contribution in [0.1, 0.15) is 24.1 Å². The number of aromatic nitrogens is 2. The summed E-state index contributed by atoms with van der Waals surface area (Å²) in [6, 6.07) is 9.16. The average molecular weight is 386 g/mol. The lowest BCUT2D eigenvalue weighted by Gasteiger charge is -2.23. The molecule has 3 unspecified atom stereocenters. The van der Waals surface area contributed by atoms with Crippen molar-refractivity contribution in [1.82, 2.24) is 9.97 Å². The molecule has 0 spiro atoms. The number of alkyl halides is 1. The first-order valence-electron chi connectivity index (χ1n) is 6.89. The topological polar surface area (TPSA) is 37.8 Å². The molecule has 120 valence electrons. The van der Waals surface area contributed by atoms with Crippen LogP contribution in [0.25, 0.3) is 10.2 Å². The standard InChI is InChI=1S/C15H15ClFN3P2S/c1-8(9-4-2-3-5-10(9)15(17,21)22)18-13-12-11(6-7-23-12)19-14(16)20-13/h2-8H,21-22H2,1H3,(H,18,19,20). The van der Waals surface area contributed by atoms with Crippen molar-refractivity contribution in [3.05, 3.63) is 52.1 Å².